The lowest BCUT2D eigenvalue weighted by Gasteiger charge is -2.01. The first-order valence-corrected chi connectivity index (χ1v) is 5.07. The third kappa shape index (κ3) is 2.72. The average Bonchev–Trinajstić information content (AvgIpc) is 2.69. The number of carbonyl (C=O) groups is 2. The Morgan fingerprint density at radius 3 is 2.71 bits per heavy atom. The Morgan fingerprint density at radius 1 is 1.59 bits per heavy atom. The standard InChI is InChI=1S/C11H14N2O4/c1-4-13-7(2)8(6-12-13)9(14)5-10(15)11(16)17-3/h5-6,14H,4H2,1-3H3/b9-5-. The first-order chi connectivity index (χ1) is 8.01. The zero-order valence-electron chi connectivity index (χ0n) is 9.93. The summed E-state index contributed by atoms with van der Waals surface area (Å²) in [6, 6.07) is 0. The van der Waals surface area contributed by atoms with Crippen molar-refractivity contribution >= 4 is 17.5 Å². The van der Waals surface area contributed by atoms with Gasteiger partial charge in [-0.15, -0.1) is 0 Å². The minimum Gasteiger partial charge on any atom is -0.507 e. The van der Waals surface area contributed by atoms with Crippen LogP contribution in [0.4, 0.5) is 0 Å². The summed E-state index contributed by atoms with van der Waals surface area (Å²) in [6.45, 7) is 4.33. The lowest BCUT2D eigenvalue weighted by molar-refractivity contribution is -0.149. The number of aliphatic hydroxyl groups excluding tert-OH is 1. The second-order valence-corrected chi connectivity index (χ2v) is 3.34. The van der Waals surface area contributed by atoms with E-state index < -0.39 is 11.8 Å². The highest BCUT2D eigenvalue weighted by molar-refractivity contribution is 6.39. The topological polar surface area (TPSA) is 81.4 Å². The molecule has 1 N–H and O–H groups in total. The summed E-state index contributed by atoms with van der Waals surface area (Å²) < 4.78 is 5.91. The third-order valence-corrected chi connectivity index (χ3v) is 2.33. The van der Waals surface area contributed by atoms with Crippen molar-refractivity contribution in [3.63, 3.8) is 0 Å². The van der Waals surface area contributed by atoms with E-state index in [2.05, 4.69) is 9.84 Å². The molecule has 0 unspecified atom stereocenters. The Hall–Kier alpha value is -2.11. The lowest BCUT2D eigenvalue weighted by Crippen LogP contribution is -2.13. The number of aromatic nitrogens is 2. The van der Waals surface area contributed by atoms with Gasteiger partial charge in [0, 0.05) is 18.3 Å². The average molecular weight is 238 g/mol. The highest BCUT2D eigenvalue weighted by atomic mass is 16.5. The molecular formula is C11H14N2O4. The van der Waals surface area contributed by atoms with Crippen LogP contribution >= 0.6 is 0 Å². The molecule has 17 heavy (non-hydrogen) atoms. The van der Waals surface area contributed by atoms with Crippen molar-refractivity contribution in [2.75, 3.05) is 7.11 Å². The normalized spacial score (nSPS) is 11.4. The first kappa shape index (κ1) is 13.0. The molecule has 1 aromatic rings. The van der Waals surface area contributed by atoms with E-state index in [-0.39, 0.29) is 5.76 Å². The van der Waals surface area contributed by atoms with Gasteiger partial charge in [0.25, 0.3) is 5.78 Å². The fraction of sp³-hybridized carbons (Fsp3) is 0.364. The fourth-order valence-electron chi connectivity index (χ4n) is 1.38. The number of methoxy groups -OCH3 is 1. The molecule has 0 aliphatic carbocycles. The summed E-state index contributed by atoms with van der Waals surface area (Å²) in [6.07, 6.45) is 2.27. The molecule has 0 saturated carbocycles. The monoisotopic (exact) mass is 238 g/mol. The van der Waals surface area contributed by atoms with Gasteiger partial charge in [-0.3, -0.25) is 9.48 Å². The van der Waals surface area contributed by atoms with Crippen molar-refractivity contribution in [2.24, 2.45) is 0 Å². The molecule has 0 radical (unpaired) electrons. The predicted octanol–water partition coefficient (Wildman–Crippen LogP) is 0.852. The first-order valence-electron chi connectivity index (χ1n) is 5.07. The Balaban J connectivity index is 3.00. The molecule has 0 aliphatic rings. The minimum atomic E-state index is -1.02. The number of aryl methyl sites for hydroxylation is 1. The molecule has 92 valence electrons. The number of rotatable bonds is 4. The van der Waals surface area contributed by atoms with Crippen LogP contribution in [0.1, 0.15) is 18.2 Å². The van der Waals surface area contributed by atoms with Crippen LogP contribution in [-0.2, 0) is 20.9 Å². The lowest BCUT2D eigenvalue weighted by atomic mass is 10.2. The van der Waals surface area contributed by atoms with Crippen molar-refractivity contribution in [1.29, 1.82) is 0 Å². The van der Waals surface area contributed by atoms with E-state index in [0.717, 1.165) is 18.9 Å². The molecule has 1 aromatic heterocycles. The quantitative estimate of drug-likeness (QED) is 0.364. The molecule has 0 aliphatic heterocycles. The summed E-state index contributed by atoms with van der Waals surface area (Å²) in [4.78, 5) is 22.1. The van der Waals surface area contributed by atoms with Gasteiger partial charge in [-0.25, -0.2) is 4.79 Å². The highest BCUT2D eigenvalue weighted by Gasteiger charge is 2.15. The van der Waals surface area contributed by atoms with Gasteiger partial charge in [-0.05, 0) is 13.8 Å². The number of hydrogen-bond donors (Lipinski definition) is 1. The summed E-state index contributed by atoms with van der Waals surface area (Å²) in [5.41, 5.74) is 1.14. The summed E-state index contributed by atoms with van der Waals surface area (Å²) in [5, 5.41) is 13.7. The van der Waals surface area contributed by atoms with Gasteiger partial charge in [0.05, 0.1) is 18.9 Å². The molecule has 1 rings (SSSR count). The number of nitrogens with zero attached hydrogens (tertiary/aromatic N) is 2. The van der Waals surface area contributed by atoms with Crippen LogP contribution < -0.4 is 0 Å². The Bertz CT molecular complexity index is 474. The molecular weight excluding hydrogens is 224 g/mol. The van der Waals surface area contributed by atoms with Crippen LogP contribution in [0.2, 0.25) is 0 Å². The van der Waals surface area contributed by atoms with Gasteiger partial charge in [-0.1, -0.05) is 0 Å². The number of carbonyl (C=O) groups excluding carboxylic acids is 2. The third-order valence-electron chi connectivity index (χ3n) is 2.33. The van der Waals surface area contributed by atoms with Crippen LogP contribution in [0, 0.1) is 6.92 Å². The van der Waals surface area contributed by atoms with E-state index in [1.165, 1.54) is 6.20 Å². The number of esters is 1. The highest BCUT2D eigenvalue weighted by Crippen LogP contribution is 2.15. The molecule has 6 heteroatoms. The van der Waals surface area contributed by atoms with Crippen molar-refractivity contribution in [1.82, 2.24) is 9.78 Å². The van der Waals surface area contributed by atoms with E-state index in [0.29, 0.717) is 12.1 Å². The van der Waals surface area contributed by atoms with Crippen molar-refractivity contribution in [3.8, 4) is 0 Å². The summed E-state index contributed by atoms with van der Waals surface area (Å²) >= 11 is 0. The Labute approximate surface area is 98.5 Å². The van der Waals surface area contributed by atoms with Crippen LogP contribution in [0.25, 0.3) is 5.76 Å². The zero-order valence-corrected chi connectivity index (χ0v) is 9.93. The van der Waals surface area contributed by atoms with E-state index in [1.54, 1.807) is 11.6 Å². The number of ketones is 1. The molecule has 6 nitrogen and oxygen atoms in total. The van der Waals surface area contributed by atoms with Crippen LogP contribution in [0.5, 0.6) is 0 Å². The van der Waals surface area contributed by atoms with Gasteiger partial charge in [-0.2, -0.15) is 5.10 Å². The van der Waals surface area contributed by atoms with Crippen LogP contribution in [0.3, 0.4) is 0 Å². The SMILES string of the molecule is CCn1ncc(/C(O)=C/C(=O)C(=O)OC)c1C. The van der Waals surface area contributed by atoms with Crippen molar-refractivity contribution in [3.05, 3.63) is 23.5 Å². The summed E-state index contributed by atoms with van der Waals surface area (Å²) in [7, 11) is 1.10. The molecule has 0 saturated heterocycles. The number of hydrogen-bond acceptors (Lipinski definition) is 5. The maximum Gasteiger partial charge on any atom is 0.378 e. The van der Waals surface area contributed by atoms with Gasteiger partial charge < -0.3 is 9.84 Å². The van der Waals surface area contributed by atoms with Crippen molar-refractivity contribution in [2.45, 2.75) is 20.4 Å². The van der Waals surface area contributed by atoms with E-state index >= 15 is 0 Å². The van der Waals surface area contributed by atoms with Gasteiger partial charge >= 0.3 is 5.97 Å². The van der Waals surface area contributed by atoms with E-state index in [9.17, 15) is 14.7 Å². The Kier molecular flexibility index (Phi) is 4.03. The smallest absolute Gasteiger partial charge is 0.378 e. The fourth-order valence-corrected chi connectivity index (χ4v) is 1.38. The van der Waals surface area contributed by atoms with E-state index in [1.807, 2.05) is 6.92 Å². The van der Waals surface area contributed by atoms with E-state index in [4.69, 9.17) is 0 Å². The largest absolute Gasteiger partial charge is 0.507 e. The maximum atomic E-state index is 11.2. The van der Waals surface area contributed by atoms with Crippen LogP contribution in [-0.4, -0.2) is 33.7 Å². The molecule has 0 aromatic carbocycles. The van der Waals surface area contributed by atoms with Crippen LogP contribution in [0.15, 0.2) is 12.3 Å². The second kappa shape index (κ2) is 5.29. The van der Waals surface area contributed by atoms with Gasteiger partial charge in [0.2, 0.25) is 0 Å². The summed E-state index contributed by atoms with van der Waals surface area (Å²) in [5.74, 6) is -2.22. The minimum absolute atomic E-state index is 0.294. The van der Waals surface area contributed by atoms with Gasteiger partial charge in [0.15, 0.2) is 0 Å². The zero-order chi connectivity index (χ0) is 13.0. The predicted molar refractivity (Wildman–Crippen MR) is 60.3 cm³/mol. The second-order valence-electron chi connectivity index (χ2n) is 3.34. The Morgan fingerprint density at radius 2 is 2.24 bits per heavy atom. The number of aliphatic hydroxyl groups is 1. The molecule has 0 atom stereocenters. The maximum absolute atomic E-state index is 11.2. The van der Waals surface area contributed by atoms with Gasteiger partial charge in [0.1, 0.15) is 5.76 Å². The molecule has 0 spiro atoms. The molecule has 0 fully saturated rings. The molecule has 1 heterocycles. The number of ether oxygens (including phenoxy) is 1. The molecule has 0 bridgehead atoms. The van der Waals surface area contributed by atoms with Crippen molar-refractivity contribution < 1.29 is 19.4 Å². The molecule has 0 amide bonds.